The molecule has 5 heteroatoms. The predicted octanol–water partition coefficient (Wildman–Crippen LogP) is -1.09. The van der Waals surface area contributed by atoms with Crippen LogP contribution in [0.4, 0.5) is 0 Å². The van der Waals surface area contributed by atoms with E-state index >= 15 is 0 Å². The molecule has 1 atom stereocenters. The van der Waals surface area contributed by atoms with E-state index in [1.54, 1.807) is 0 Å². The second-order valence-corrected chi connectivity index (χ2v) is 2.85. The molecule has 0 aliphatic heterocycles. The molecule has 0 amide bonds. The molecule has 0 aliphatic rings. The standard InChI is InChI=1S/H6N3PS/c1-3-4(2)5/h4H,1H2,(H3,2,3,5). The van der Waals surface area contributed by atoms with Gasteiger partial charge in [-0.2, -0.15) is 0 Å². The van der Waals surface area contributed by atoms with E-state index in [1.807, 2.05) is 0 Å². The van der Waals surface area contributed by atoms with Crippen LogP contribution in [0.15, 0.2) is 0 Å². The normalized spacial score (nSPS) is 14.8. The lowest BCUT2D eigenvalue weighted by Gasteiger charge is -1.85. The van der Waals surface area contributed by atoms with Crippen LogP contribution < -0.4 is 16.5 Å². The lowest BCUT2D eigenvalue weighted by Crippen LogP contribution is -2.14. The van der Waals surface area contributed by atoms with Crippen molar-refractivity contribution in [2.75, 3.05) is 0 Å². The number of hydrogen-bond donors (Lipinski definition) is 3. The number of nitrogens with one attached hydrogen (secondary N) is 1. The second kappa shape index (κ2) is 2.75. The van der Waals surface area contributed by atoms with E-state index in [0.29, 0.717) is 0 Å². The van der Waals surface area contributed by atoms with E-state index in [0.717, 1.165) is 0 Å². The highest BCUT2D eigenvalue weighted by atomic mass is 32.4. The van der Waals surface area contributed by atoms with Crippen molar-refractivity contribution in [1.29, 1.82) is 0 Å². The fourth-order valence-corrected chi connectivity index (χ4v) is 0. The summed E-state index contributed by atoms with van der Waals surface area (Å²) in [5, 5.41) is 2.22. The minimum absolute atomic E-state index is 1.26. The van der Waals surface area contributed by atoms with E-state index in [2.05, 4.69) is 17.0 Å². The number of hydrazine groups is 1. The first-order valence-corrected chi connectivity index (χ1v) is 3.74. The molecule has 0 spiro atoms. The molecule has 32 valence electrons. The average molecular weight is 111 g/mol. The Morgan fingerprint density at radius 1 is 1.80 bits per heavy atom. The highest BCUT2D eigenvalue weighted by Crippen LogP contribution is 1.91. The van der Waals surface area contributed by atoms with Gasteiger partial charge in [0, 0.05) is 0 Å². The Morgan fingerprint density at radius 2 is 2.00 bits per heavy atom. The van der Waals surface area contributed by atoms with Crippen LogP contribution in [0.1, 0.15) is 0 Å². The summed E-state index contributed by atoms with van der Waals surface area (Å²) in [6.45, 7) is -1.26. The summed E-state index contributed by atoms with van der Waals surface area (Å²) in [6.07, 6.45) is 0. The molecule has 0 rings (SSSR count). The van der Waals surface area contributed by atoms with Gasteiger partial charge in [0.05, 0.1) is 7.00 Å². The van der Waals surface area contributed by atoms with Gasteiger partial charge in [-0.25, -0.2) is 5.20 Å². The van der Waals surface area contributed by atoms with Crippen LogP contribution in [0.5, 0.6) is 0 Å². The molecule has 1 unspecified atom stereocenters. The number of rotatable bonds is 1. The van der Waals surface area contributed by atoms with Crippen LogP contribution in [-0.4, -0.2) is 0 Å². The Bertz CT molecular complexity index is 42.2. The van der Waals surface area contributed by atoms with Crippen molar-refractivity contribution >= 4 is 18.8 Å². The SMILES string of the molecule is NN[PH](N)=S. The van der Waals surface area contributed by atoms with Gasteiger partial charge in [0.2, 0.25) is 0 Å². The van der Waals surface area contributed by atoms with Gasteiger partial charge < -0.3 is 0 Å². The van der Waals surface area contributed by atoms with Gasteiger partial charge in [0.1, 0.15) is 0 Å². The number of nitrogens with two attached hydrogens (primary N) is 2. The van der Waals surface area contributed by atoms with Crippen LogP contribution in [0.25, 0.3) is 0 Å². The summed E-state index contributed by atoms with van der Waals surface area (Å²) in [4.78, 5) is 0. The van der Waals surface area contributed by atoms with Gasteiger partial charge >= 0.3 is 0 Å². The summed E-state index contributed by atoms with van der Waals surface area (Å²) in [6, 6.07) is 0. The van der Waals surface area contributed by atoms with Gasteiger partial charge in [-0.15, -0.1) is 0 Å². The van der Waals surface area contributed by atoms with Crippen LogP contribution in [0, 0.1) is 0 Å². The maximum absolute atomic E-state index is 4.97. The first-order chi connectivity index (χ1) is 2.27. The molecular weight excluding hydrogens is 105 g/mol. The van der Waals surface area contributed by atoms with Crippen molar-refractivity contribution in [3.05, 3.63) is 0 Å². The predicted molar refractivity (Wildman–Crippen MR) is 27.2 cm³/mol. The van der Waals surface area contributed by atoms with E-state index in [-0.39, 0.29) is 0 Å². The fraction of sp³-hybridized carbons (Fsp3) is 0. The summed E-state index contributed by atoms with van der Waals surface area (Å²) >= 11 is 4.42. The monoisotopic (exact) mass is 111 g/mol. The third-order valence-electron chi connectivity index (χ3n) is 0.142. The fourth-order valence-electron chi connectivity index (χ4n) is 0. The van der Waals surface area contributed by atoms with E-state index in [9.17, 15) is 0 Å². The smallest absolute Gasteiger partial charge is 0.0702 e. The minimum atomic E-state index is -1.26. The van der Waals surface area contributed by atoms with Crippen molar-refractivity contribution in [2.45, 2.75) is 0 Å². The molecule has 0 aliphatic carbocycles. The lowest BCUT2D eigenvalue weighted by molar-refractivity contribution is 1.10. The van der Waals surface area contributed by atoms with E-state index in [1.165, 1.54) is 0 Å². The quantitative estimate of drug-likeness (QED) is 0.229. The van der Waals surface area contributed by atoms with Crippen LogP contribution in [0.3, 0.4) is 0 Å². The largest absolute Gasteiger partial charge is 0.293 e. The first-order valence-electron chi connectivity index (χ1n) is 1.03. The maximum Gasteiger partial charge on any atom is 0.0702 e. The third kappa shape index (κ3) is 4.53. The van der Waals surface area contributed by atoms with Crippen molar-refractivity contribution in [3.8, 4) is 0 Å². The highest BCUT2D eigenvalue weighted by Gasteiger charge is 1.64. The molecule has 5 N–H and O–H groups in total. The topological polar surface area (TPSA) is 64.1 Å². The summed E-state index contributed by atoms with van der Waals surface area (Å²) in [5.74, 6) is 4.74. The summed E-state index contributed by atoms with van der Waals surface area (Å²) < 4.78 is 0. The minimum Gasteiger partial charge on any atom is -0.293 e. The van der Waals surface area contributed by atoms with Crippen LogP contribution >= 0.6 is 7.00 Å². The molecule has 0 fully saturated rings. The van der Waals surface area contributed by atoms with Gasteiger partial charge in [0.15, 0.2) is 0 Å². The van der Waals surface area contributed by atoms with Gasteiger partial charge in [0.25, 0.3) is 0 Å². The number of hydrogen-bond acceptors (Lipinski definition) is 2. The lowest BCUT2D eigenvalue weighted by atomic mass is 13.0. The maximum atomic E-state index is 4.97. The first kappa shape index (κ1) is 5.53. The molecule has 0 heterocycles. The molecule has 0 aromatic rings. The molecular formula is H6N3PS. The zero-order valence-electron chi connectivity index (χ0n) is 2.56. The molecule has 0 saturated carbocycles. The third-order valence-corrected chi connectivity index (χ3v) is 0.780. The molecule has 0 radical (unpaired) electrons. The summed E-state index contributed by atoms with van der Waals surface area (Å²) in [5.41, 5.74) is 4.97. The van der Waals surface area contributed by atoms with E-state index < -0.39 is 7.00 Å². The Kier molecular flexibility index (Phi) is 3.04. The molecule has 0 saturated heterocycles. The van der Waals surface area contributed by atoms with Gasteiger partial charge in [-0.3, -0.25) is 11.3 Å². The van der Waals surface area contributed by atoms with Crippen molar-refractivity contribution < 1.29 is 0 Å². The Morgan fingerprint density at radius 3 is 2.00 bits per heavy atom. The van der Waals surface area contributed by atoms with Crippen molar-refractivity contribution in [1.82, 2.24) is 5.20 Å². The van der Waals surface area contributed by atoms with E-state index in [4.69, 9.17) is 11.3 Å². The molecule has 3 nitrogen and oxygen atoms in total. The Hall–Kier alpha value is 0.530. The molecule has 0 aromatic heterocycles. The van der Waals surface area contributed by atoms with Crippen LogP contribution in [0.2, 0.25) is 0 Å². The molecule has 5 heavy (non-hydrogen) atoms. The van der Waals surface area contributed by atoms with Gasteiger partial charge in [-0.05, 0) is 0 Å². The second-order valence-electron chi connectivity index (χ2n) is 0.509. The molecule has 0 bridgehead atoms. The van der Waals surface area contributed by atoms with Crippen molar-refractivity contribution in [2.24, 2.45) is 11.3 Å². The zero-order valence-corrected chi connectivity index (χ0v) is 4.38. The Labute approximate surface area is 36.2 Å². The van der Waals surface area contributed by atoms with Crippen LogP contribution in [-0.2, 0) is 11.8 Å². The summed E-state index contributed by atoms with van der Waals surface area (Å²) in [7, 11) is 0. The Balaban J connectivity index is 2.85. The van der Waals surface area contributed by atoms with Gasteiger partial charge in [-0.1, -0.05) is 11.8 Å². The van der Waals surface area contributed by atoms with Crippen molar-refractivity contribution in [3.63, 3.8) is 0 Å². The zero-order chi connectivity index (χ0) is 4.28. The highest BCUT2D eigenvalue weighted by molar-refractivity contribution is 8.03. The average Bonchev–Trinajstić information content (AvgIpc) is 1.38. The molecule has 0 aromatic carbocycles.